The Hall–Kier alpha value is -2.95. The number of phosphoric acid groups is 1. The number of nitrogen functional groups attached to an aromatic ring is 1. The van der Waals surface area contributed by atoms with Gasteiger partial charge < -0.3 is 25.1 Å². The van der Waals surface area contributed by atoms with Gasteiger partial charge in [-0.1, -0.05) is 0 Å². The van der Waals surface area contributed by atoms with E-state index >= 15 is 4.39 Å². The molecule has 1 saturated heterocycles. The molecule has 1 aliphatic heterocycles. The molecule has 0 amide bonds. The molecule has 0 bridgehead atoms. The van der Waals surface area contributed by atoms with E-state index in [1.807, 2.05) is 0 Å². The Labute approximate surface area is 234 Å². The molecular formula is C23H35FN5O11P. The maximum atomic E-state index is 15.3. The molecule has 41 heavy (non-hydrogen) atoms. The lowest BCUT2D eigenvalue weighted by atomic mass is 9.98. The van der Waals surface area contributed by atoms with E-state index in [0.29, 0.717) is 0 Å². The van der Waals surface area contributed by atoms with Crippen molar-refractivity contribution in [1.29, 1.82) is 0 Å². The van der Waals surface area contributed by atoms with Gasteiger partial charge in [-0.2, -0.15) is 4.98 Å². The summed E-state index contributed by atoms with van der Waals surface area (Å²) in [5.41, 5.74) is 1.02. The molecule has 0 spiro atoms. The molecule has 18 heteroatoms. The number of rotatable bonds is 10. The lowest BCUT2D eigenvalue weighted by Crippen LogP contribution is -2.43. The van der Waals surface area contributed by atoms with Gasteiger partial charge >= 0.3 is 19.8 Å². The molecule has 4 N–H and O–H groups in total. The molecular weight excluding hydrogens is 572 g/mol. The number of aromatic amines is 1. The Balaban J connectivity index is 1.77. The number of ether oxygens (including phenoxy) is 3. The van der Waals surface area contributed by atoms with E-state index in [4.69, 9.17) is 33.5 Å². The van der Waals surface area contributed by atoms with Gasteiger partial charge in [0, 0.05) is 0 Å². The van der Waals surface area contributed by atoms with Crippen LogP contribution in [0, 0.1) is 10.8 Å². The number of imidazole rings is 1. The quantitative estimate of drug-likeness (QED) is 0.200. The summed E-state index contributed by atoms with van der Waals surface area (Å²) in [6.45, 7) is 8.27. The van der Waals surface area contributed by atoms with Crippen LogP contribution in [0.3, 0.4) is 0 Å². The molecule has 2 aromatic rings. The van der Waals surface area contributed by atoms with Crippen molar-refractivity contribution in [3.63, 3.8) is 0 Å². The topological polar surface area (TPSA) is 216 Å². The van der Waals surface area contributed by atoms with Gasteiger partial charge in [0.15, 0.2) is 23.6 Å². The highest BCUT2D eigenvalue weighted by Crippen LogP contribution is 2.52. The third-order valence-corrected chi connectivity index (χ3v) is 7.14. The smallest absolute Gasteiger partial charge is 0.437 e. The number of nitrogens with two attached hydrogens (primary N) is 1. The van der Waals surface area contributed by atoms with Gasteiger partial charge in [0.1, 0.15) is 11.7 Å². The Morgan fingerprint density at radius 1 is 1.15 bits per heavy atom. The van der Waals surface area contributed by atoms with E-state index in [-0.39, 0.29) is 17.1 Å². The van der Waals surface area contributed by atoms with Crippen LogP contribution in [0.15, 0.2) is 11.1 Å². The van der Waals surface area contributed by atoms with Gasteiger partial charge in [-0.25, -0.2) is 23.0 Å². The largest absolute Gasteiger partial charge is 0.480 e. The number of H-pyrrole nitrogens is 1. The Kier molecular flexibility index (Phi) is 9.32. The number of hydrogen-bond acceptors (Lipinski definition) is 14. The number of carbonyl (C=O) groups is 2. The molecule has 3 heterocycles. The molecule has 230 valence electrons. The van der Waals surface area contributed by atoms with Crippen LogP contribution in [0.1, 0.15) is 54.7 Å². The number of fused-ring (bicyclic) bond motifs is 1. The van der Waals surface area contributed by atoms with E-state index in [2.05, 4.69) is 15.0 Å². The van der Waals surface area contributed by atoms with Crippen molar-refractivity contribution < 1.29 is 51.4 Å². The summed E-state index contributed by atoms with van der Waals surface area (Å²) in [5.74, 6) is -1.62. The minimum Gasteiger partial charge on any atom is -0.437 e. The average Bonchev–Trinajstić information content (AvgIpc) is 3.36. The predicted octanol–water partition coefficient (Wildman–Crippen LogP) is 1.94. The first-order valence-corrected chi connectivity index (χ1v) is 13.8. The van der Waals surface area contributed by atoms with Crippen molar-refractivity contribution in [2.24, 2.45) is 10.8 Å². The van der Waals surface area contributed by atoms with Gasteiger partial charge in [-0.15, -0.1) is 0 Å². The maximum absolute atomic E-state index is 15.3. The van der Waals surface area contributed by atoms with E-state index < -0.39 is 80.4 Å². The van der Waals surface area contributed by atoms with Gasteiger partial charge in [-0.3, -0.25) is 28.5 Å². The van der Waals surface area contributed by atoms with Crippen LogP contribution in [0.25, 0.3) is 11.2 Å². The molecule has 16 nitrogen and oxygen atoms in total. The third kappa shape index (κ3) is 7.47. The normalized spacial score (nSPS) is 23.6. The third-order valence-electron chi connectivity index (χ3n) is 5.85. The number of anilines is 1. The van der Waals surface area contributed by atoms with Crippen molar-refractivity contribution in [2.45, 2.75) is 72.6 Å². The van der Waals surface area contributed by atoms with E-state index in [9.17, 15) is 24.1 Å². The predicted molar refractivity (Wildman–Crippen MR) is 139 cm³/mol. The molecule has 0 saturated carbocycles. The first kappa shape index (κ1) is 32.6. The number of esters is 2. The summed E-state index contributed by atoms with van der Waals surface area (Å²) in [6, 6.07) is 0. The summed E-state index contributed by atoms with van der Waals surface area (Å²) >= 11 is 0. The minimum absolute atomic E-state index is 0.102. The molecule has 0 aromatic carbocycles. The molecule has 1 aliphatic rings. The van der Waals surface area contributed by atoms with Crippen LogP contribution in [-0.2, 0) is 41.9 Å². The number of halogens is 1. The first-order valence-electron chi connectivity index (χ1n) is 12.4. The summed E-state index contributed by atoms with van der Waals surface area (Å²) in [5, 5.41) is 10.7. The average molecular weight is 608 g/mol. The molecule has 0 radical (unpaired) electrons. The number of aliphatic hydroxyl groups excluding tert-OH is 1. The van der Waals surface area contributed by atoms with E-state index in [0.717, 1.165) is 10.9 Å². The Morgan fingerprint density at radius 2 is 1.68 bits per heavy atom. The summed E-state index contributed by atoms with van der Waals surface area (Å²) in [6.07, 6.45) is -4.40. The Morgan fingerprint density at radius 3 is 2.20 bits per heavy atom. The van der Waals surface area contributed by atoms with Crippen molar-refractivity contribution in [3.05, 3.63) is 16.7 Å². The highest BCUT2D eigenvalue weighted by Gasteiger charge is 2.55. The van der Waals surface area contributed by atoms with Gasteiger partial charge in [-0.05, 0) is 48.5 Å². The van der Waals surface area contributed by atoms with Gasteiger partial charge in [0.05, 0.1) is 23.8 Å². The van der Waals surface area contributed by atoms with E-state index in [1.54, 1.807) is 41.5 Å². The second-order valence-corrected chi connectivity index (χ2v) is 13.2. The molecule has 2 aromatic heterocycles. The number of hydrogen-bond donors (Lipinski definition) is 3. The van der Waals surface area contributed by atoms with Crippen LogP contribution in [-0.4, -0.2) is 74.6 Å². The summed E-state index contributed by atoms with van der Waals surface area (Å²) in [7, 11) is -4.67. The molecule has 1 fully saturated rings. The SMILES string of the molecule is CC(C)(C)C(=O)OCOP(=O)(OCOC(=O)C(C)(C)C)OCC1(C)OC(n2cnc3c(=O)[nH]c(N)nc32)C(F)C1O. The fourth-order valence-corrected chi connectivity index (χ4v) is 4.40. The zero-order chi connectivity index (χ0) is 31.0. The van der Waals surface area contributed by atoms with Crippen molar-refractivity contribution in [1.82, 2.24) is 19.5 Å². The van der Waals surface area contributed by atoms with Crippen LogP contribution >= 0.6 is 7.82 Å². The van der Waals surface area contributed by atoms with Crippen LogP contribution in [0.5, 0.6) is 0 Å². The minimum atomic E-state index is -4.67. The highest BCUT2D eigenvalue weighted by atomic mass is 31.2. The van der Waals surface area contributed by atoms with Gasteiger partial charge in [0.2, 0.25) is 19.5 Å². The standard InChI is InChI=1S/C23H35FN5O11P/c1-21(2,3)18(32)35-10-38-41(34,39-11-36-19(33)22(4,5)6)37-8-23(7)14(30)12(24)17(40-23)29-9-26-13-15(29)27-20(25)28-16(13)31/h9,12,14,17,30H,8,10-11H2,1-7H3,(H3,25,27,28,31). The van der Waals surface area contributed by atoms with Crippen LogP contribution in [0.2, 0.25) is 0 Å². The van der Waals surface area contributed by atoms with Gasteiger partial charge in [0.25, 0.3) is 5.56 Å². The molecule has 4 unspecified atom stereocenters. The summed E-state index contributed by atoms with van der Waals surface area (Å²) in [4.78, 5) is 46.4. The van der Waals surface area contributed by atoms with E-state index in [1.165, 1.54) is 6.92 Å². The van der Waals surface area contributed by atoms with Crippen molar-refractivity contribution in [3.8, 4) is 0 Å². The number of nitrogens with zero attached hydrogens (tertiary/aromatic N) is 3. The lowest BCUT2D eigenvalue weighted by molar-refractivity contribution is -0.164. The van der Waals surface area contributed by atoms with Crippen molar-refractivity contribution in [2.75, 3.05) is 25.9 Å². The number of nitrogens with one attached hydrogen (secondary N) is 1. The Bertz CT molecular complexity index is 1350. The maximum Gasteiger partial charge on any atom is 0.480 e. The second-order valence-electron chi connectivity index (χ2n) is 11.6. The lowest BCUT2D eigenvalue weighted by Gasteiger charge is -2.29. The first-order chi connectivity index (χ1) is 18.8. The zero-order valence-electron chi connectivity index (χ0n) is 23.7. The number of aromatic nitrogens is 4. The number of phosphoric ester groups is 1. The zero-order valence-corrected chi connectivity index (χ0v) is 24.6. The number of aliphatic hydroxyl groups is 1. The number of carbonyl (C=O) groups excluding carboxylic acids is 2. The fourth-order valence-electron chi connectivity index (χ4n) is 3.40. The monoisotopic (exact) mass is 607 g/mol. The van der Waals surface area contributed by atoms with Crippen LogP contribution in [0.4, 0.5) is 10.3 Å². The molecule has 4 atom stereocenters. The molecule has 0 aliphatic carbocycles. The fraction of sp³-hybridized carbons (Fsp3) is 0.696. The van der Waals surface area contributed by atoms with Crippen molar-refractivity contribution >= 4 is 36.9 Å². The second kappa shape index (κ2) is 11.7. The van der Waals surface area contributed by atoms with Crippen LogP contribution < -0.4 is 11.3 Å². The highest BCUT2D eigenvalue weighted by molar-refractivity contribution is 7.48. The summed E-state index contributed by atoms with van der Waals surface area (Å²) < 4.78 is 60.9. The number of alkyl halides is 1. The molecule has 3 rings (SSSR count).